The molecular weight excluding hydrogens is 381 g/mol. The Bertz CT molecular complexity index is 759. The van der Waals surface area contributed by atoms with Crippen molar-refractivity contribution >= 4 is 41.0 Å². The Labute approximate surface area is 162 Å². The molecule has 0 spiro atoms. The number of hydrazone groups is 1. The minimum absolute atomic E-state index is 0.421. The van der Waals surface area contributed by atoms with Gasteiger partial charge in [0, 0.05) is 15.6 Å². The Hall–Kier alpha value is -1.27. The lowest BCUT2D eigenvalue weighted by Gasteiger charge is -2.27. The molecule has 0 saturated carbocycles. The highest BCUT2D eigenvalue weighted by molar-refractivity contribution is 6.36. The molecule has 2 aromatic rings. The van der Waals surface area contributed by atoms with Crippen LogP contribution in [-0.4, -0.2) is 54.2 Å². The number of quaternary nitrogens is 1. The van der Waals surface area contributed by atoms with Crippen molar-refractivity contribution in [3.05, 3.63) is 50.2 Å². The predicted molar refractivity (Wildman–Crippen MR) is 103 cm³/mol. The van der Waals surface area contributed by atoms with E-state index in [9.17, 15) is 0 Å². The van der Waals surface area contributed by atoms with Crippen molar-refractivity contribution in [2.75, 3.05) is 33.2 Å². The van der Waals surface area contributed by atoms with Crippen molar-refractivity contribution in [2.45, 2.75) is 13.5 Å². The third-order valence-corrected chi connectivity index (χ3v) is 5.53. The van der Waals surface area contributed by atoms with Crippen LogP contribution in [0.4, 0.5) is 0 Å². The fraction of sp³-hybridized carbons (Fsp3) is 0.412. The second-order valence-electron chi connectivity index (χ2n) is 6.30. The van der Waals surface area contributed by atoms with E-state index in [0.29, 0.717) is 21.7 Å². The van der Waals surface area contributed by atoms with Gasteiger partial charge < -0.3 is 4.90 Å². The van der Waals surface area contributed by atoms with Gasteiger partial charge in [0.1, 0.15) is 5.15 Å². The lowest BCUT2D eigenvalue weighted by molar-refractivity contribution is -0.884. The molecule has 1 aromatic heterocycles. The third-order valence-electron chi connectivity index (χ3n) is 4.42. The van der Waals surface area contributed by atoms with Crippen molar-refractivity contribution in [3.8, 4) is 0 Å². The van der Waals surface area contributed by atoms with Crippen LogP contribution >= 0.6 is 34.8 Å². The summed E-state index contributed by atoms with van der Waals surface area (Å²) in [7, 11) is 2.20. The Morgan fingerprint density at radius 1 is 1.20 bits per heavy atom. The van der Waals surface area contributed by atoms with Crippen LogP contribution in [0.3, 0.4) is 0 Å². The monoisotopic (exact) mass is 400 g/mol. The number of nitrogens with one attached hydrogen (secondary N) is 1. The fourth-order valence-electron chi connectivity index (χ4n) is 2.78. The zero-order valence-corrected chi connectivity index (χ0v) is 16.5. The summed E-state index contributed by atoms with van der Waals surface area (Å²) in [5.41, 5.74) is 2.47. The van der Waals surface area contributed by atoms with Gasteiger partial charge in [-0.3, -0.25) is 5.01 Å². The van der Waals surface area contributed by atoms with Gasteiger partial charge in [-0.25, -0.2) is 4.68 Å². The predicted octanol–water partition coefficient (Wildman–Crippen LogP) is 2.36. The topological polar surface area (TPSA) is 37.9 Å². The Balaban J connectivity index is 1.79. The van der Waals surface area contributed by atoms with Crippen LogP contribution < -0.4 is 4.90 Å². The van der Waals surface area contributed by atoms with Gasteiger partial charge in [0.25, 0.3) is 0 Å². The van der Waals surface area contributed by atoms with Crippen molar-refractivity contribution < 1.29 is 4.90 Å². The summed E-state index contributed by atoms with van der Waals surface area (Å²) in [6.45, 7) is 6.42. The van der Waals surface area contributed by atoms with E-state index in [0.717, 1.165) is 43.0 Å². The normalized spacial score (nSPS) is 16.1. The van der Waals surface area contributed by atoms with Crippen LogP contribution in [0.15, 0.2) is 23.3 Å². The highest BCUT2D eigenvalue weighted by Crippen LogP contribution is 2.27. The highest BCUT2D eigenvalue weighted by Gasteiger charge is 2.17. The van der Waals surface area contributed by atoms with E-state index in [4.69, 9.17) is 34.8 Å². The molecule has 1 fully saturated rings. The number of nitrogens with zero attached hydrogens (tertiary/aromatic N) is 4. The Kier molecular flexibility index (Phi) is 5.89. The van der Waals surface area contributed by atoms with Gasteiger partial charge in [-0.1, -0.05) is 40.9 Å². The molecule has 1 aromatic carbocycles. The summed E-state index contributed by atoms with van der Waals surface area (Å²) in [5, 5.41) is 12.9. The van der Waals surface area contributed by atoms with Crippen LogP contribution in [0.2, 0.25) is 15.2 Å². The minimum atomic E-state index is 0.421. The molecule has 0 radical (unpaired) electrons. The van der Waals surface area contributed by atoms with Crippen molar-refractivity contribution in [1.29, 1.82) is 0 Å². The molecule has 0 bridgehead atoms. The molecule has 0 amide bonds. The second kappa shape index (κ2) is 7.96. The Morgan fingerprint density at radius 2 is 1.84 bits per heavy atom. The lowest BCUT2D eigenvalue weighted by atomic mass is 10.2. The molecule has 134 valence electrons. The molecule has 1 saturated heterocycles. The first-order valence-electron chi connectivity index (χ1n) is 8.21. The minimum Gasteiger partial charge on any atom is -0.334 e. The van der Waals surface area contributed by atoms with Crippen LogP contribution in [0.1, 0.15) is 16.8 Å². The lowest BCUT2D eigenvalue weighted by Crippen LogP contribution is -3.11. The number of aryl methyl sites for hydroxylation is 1. The van der Waals surface area contributed by atoms with E-state index in [2.05, 4.69) is 22.3 Å². The van der Waals surface area contributed by atoms with Gasteiger partial charge in [-0.2, -0.15) is 10.2 Å². The molecule has 0 unspecified atom stereocenters. The van der Waals surface area contributed by atoms with E-state index >= 15 is 0 Å². The maximum absolute atomic E-state index is 6.53. The summed E-state index contributed by atoms with van der Waals surface area (Å²) < 4.78 is 1.71. The SMILES string of the molecule is Cc1nn(Cc2c(Cl)cccc2Cl)c(Cl)c1/C=N\N1CC[NH+](C)CC1. The molecule has 1 aliphatic rings. The molecule has 0 aliphatic carbocycles. The fourth-order valence-corrected chi connectivity index (χ4v) is 3.58. The standard InChI is InChI=1S/C17H20Cl3N5/c1-12-13(10-21-24-8-6-23(2)7-9-24)17(20)25(22-12)11-14-15(18)4-3-5-16(14)19/h3-5,10H,6-9,11H2,1-2H3/p+1/b21-10-. The molecule has 2 heterocycles. The summed E-state index contributed by atoms with van der Waals surface area (Å²) >= 11 is 19.0. The van der Waals surface area contributed by atoms with Gasteiger partial charge in [0.05, 0.1) is 57.2 Å². The quantitative estimate of drug-likeness (QED) is 0.799. The average molecular weight is 402 g/mol. The van der Waals surface area contributed by atoms with Crippen LogP contribution in [0.5, 0.6) is 0 Å². The summed E-state index contributed by atoms with van der Waals surface area (Å²) in [5.74, 6) is 0. The average Bonchev–Trinajstić information content (AvgIpc) is 2.84. The van der Waals surface area contributed by atoms with E-state index in [1.54, 1.807) is 10.9 Å². The summed E-state index contributed by atoms with van der Waals surface area (Å²) in [6.07, 6.45) is 1.80. The van der Waals surface area contributed by atoms with E-state index < -0.39 is 0 Å². The largest absolute Gasteiger partial charge is 0.334 e. The first kappa shape index (κ1) is 18.5. The van der Waals surface area contributed by atoms with E-state index in [1.165, 1.54) is 4.90 Å². The third kappa shape index (κ3) is 4.29. The van der Waals surface area contributed by atoms with Crippen molar-refractivity contribution in [2.24, 2.45) is 5.10 Å². The van der Waals surface area contributed by atoms with E-state index in [-0.39, 0.29) is 0 Å². The molecular formula is C17H21Cl3N5+. The van der Waals surface area contributed by atoms with E-state index in [1.807, 2.05) is 25.1 Å². The summed E-state index contributed by atoms with van der Waals surface area (Å²) in [6, 6.07) is 5.44. The zero-order chi connectivity index (χ0) is 18.0. The van der Waals surface area contributed by atoms with Gasteiger partial charge in [0.2, 0.25) is 0 Å². The number of likely N-dealkylation sites (N-methyl/N-ethyl adjacent to an activating group) is 1. The van der Waals surface area contributed by atoms with Crippen LogP contribution in [-0.2, 0) is 6.54 Å². The maximum Gasteiger partial charge on any atom is 0.136 e. The number of piperazine rings is 1. The van der Waals surface area contributed by atoms with Crippen molar-refractivity contribution in [1.82, 2.24) is 14.8 Å². The highest BCUT2D eigenvalue weighted by atomic mass is 35.5. The number of benzene rings is 1. The molecule has 25 heavy (non-hydrogen) atoms. The summed E-state index contributed by atoms with van der Waals surface area (Å²) in [4.78, 5) is 1.53. The van der Waals surface area contributed by atoms with Gasteiger partial charge in [-0.05, 0) is 19.1 Å². The zero-order valence-electron chi connectivity index (χ0n) is 14.3. The van der Waals surface area contributed by atoms with Crippen LogP contribution in [0.25, 0.3) is 0 Å². The smallest absolute Gasteiger partial charge is 0.136 e. The number of hydrogen-bond acceptors (Lipinski definition) is 3. The Morgan fingerprint density at radius 3 is 2.48 bits per heavy atom. The molecule has 1 aliphatic heterocycles. The first-order chi connectivity index (χ1) is 12.0. The molecule has 1 N–H and O–H groups in total. The number of aromatic nitrogens is 2. The van der Waals surface area contributed by atoms with Crippen LogP contribution in [0, 0.1) is 6.92 Å². The number of rotatable bonds is 4. The first-order valence-corrected chi connectivity index (χ1v) is 9.35. The van der Waals surface area contributed by atoms with Crippen molar-refractivity contribution in [3.63, 3.8) is 0 Å². The van der Waals surface area contributed by atoms with Gasteiger partial charge in [0.15, 0.2) is 0 Å². The second-order valence-corrected chi connectivity index (χ2v) is 7.48. The van der Waals surface area contributed by atoms with Gasteiger partial charge in [-0.15, -0.1) is 0 Å². The molecule has 5 nitrogen and oxygen atoms in total. The molecule has 0 atom stereocenters. The van der Waals surface area contributed by atoms with Gasteiger partial charge >= 0.3 is 0 Å². The number of halogens is 3. The molecule has 3 rings (SSSR count). The molecule has 8 heteroatoms. The number of hydrogen-bond donors (Lipinski definition) is 1. The maximum atomic E-state index is 6.53.